The fraction of sp³-hybridized carbons (Fsp3) is 0.571. The van der Waals surface area contributed by atoms with Crippen LogP contribution >= 0.6 is 7.60 Å². The van der Waals surface area contributed by atoms with Gasteiger partial charge in [-0.25, -0.2) is 0 Å². The smallest absolute Gasteiger partial charge is 0.329 e. The zero-order chi connectivity index (χ0) is 11.4. The van der Waals surface area contributed by atoms with Crippen molar-refractivity contribution in [2.24, 2.45) is 5.73 Å². The van der Waals surface area contributed by atoms with E-state index < -0.39 is 25.8 Å². The van der Waals surface area contributed by atoms with Crippen molar-refractivity contribution in [3.05, 3.63) is 11.6 Å². The third kappa shape index (κ3) is 5.88. The number of hydrogen-bond donors (Lipinski definition) is 3. The van der Waals surface area contributed by atoms with Crippen LogP contribution in [0.25, 0.3) is 0 Å². The molecule has 0 aromatic rings. The zero-order valence-electron chi connectivity index (χ0n) is 8.01. The van der Waals surface area contributed by atoms with Gasteiger partial charge < -0.3 is 20.3 Å². The molecule has 1 atom stereocenters. The van der Waals surface area contributed by atoms with E-state index in [0.717, 1.165) is 0 Å². The Hall–Kier alpha value is -0.680. The molecule has 0 aliphatic carbocycles. The van der Waals surface area contributed by atoms with E-state index in [4.69, 9.17) is 15.5 Å². The summed E-state index contributed by atoms with van der Waals surface area (Å²) in [5.41, 5.74) is 5.70. The van der Waals surface area contributed by atoms with Crippen LogP contribution in [-0.2, 0) is 14.1 Å². The third-order valence-corrected chi connectivity index (χ3v) is 2.30. The van der Waals surface area contributed by atoms with E-state index in [-0.39, 0.29) is 0 Å². The van der Waals surface area contributed by atoms with Crippen LogP contribution in [0.5, 0.6) is 0 Å². The first kappa shape index (κ1) is 13.3. The molecule has 0 amide bonds. The van der Waals surface area contributed by atoms with Crippen molar-refractivity contribution in [1.29, 1.82) is 0 Å². The molecule has 1 unspecified atom stereocenters. The van der Waals surface area contributed by atoms with Crippen molar-refractivity contribution >= 4 is 13.6 Å². The summed E-state index contributed by atoms with van der Waals surface area (Å²) in [7, 11) is -2.90. The Balaban J connectivity index is 4.38. The average Bonchev–Trinajstić information content (AvgIpc) is 1.99. The zero-order valence-corrected chi connectivity index (χ0v) is 8.90. The molecule has 0 rings (SSSR count). The van der Waals surface area contributed by atoms with Crippen molar-refractivity contribution in [1.82, 2.24) is 0 Å². The molecular weight excluding hydrogens is 209 g/mol. The first-order chi connectivity index (χ1) is 6.26. The highest BCUT2D eigenvalue weighted by Gasteiger charge is 2.16. The third-order valence-electron chi connectivity index (χ3n) is 1.39. The Labute approximate surface area is 81.9 Å². The number of carbonyl (C=O) groups excluding carboxylic acids is 1. The Morgan fingerprint density at radius 1 is 1.64 bits per heavy atom. The summed E-state index contributed by atoms with van der Waals surface area (Å²) in [6.07, 6.45) is 0.864. The van der Waals surface area contributed by atoms with Crippen LogP contribution in [0.4, 0.5) is 0 Å². The highest BCUT2D eigenvalue weighted by atomic mass is 31.2. The minimum Gasteiger partial charge on any atom is -0.468 e. The predicted octanol–water partition coefficient (Wildman–Crippen LogP) is -0.389. The van der Waals surface area contributed by atoms with Crippen LogP contribution in [0, 0.1) is 0 Å². The molecule has 0 spiro atoms. The van der Waals surface area contributed by atoms with E-state index in [9.17, 15) is 9.36 Å². The first-order valence-corrected chi connectivity index (χ1v) is 5.61. The monoisotopic (exact) mass is 223 g/mol. The lowest BCUT2D eigenvalue weighted by molar-refractivity contribution is -0.140. The van der Waals surface area contributed by atoms with Gasteiger partial charge >= 0.3 is 13.6 Å². The largest absolute Gasteiger partial charge is 0.468 e. The Morgan fingerprint density at radius 3 is 2.50 bits per heavy atom. The molecule has 0 heterocycles. The van der Waals surface area contributed by atoms with Crippen LogP contribution in [-0.4, -0.2) is 35.1 Å². The molecule has 4 N–H and O–H groups in total. The summed E-state index contributed by atoms with van der Waals surface area (Å²) in [5.74, 6) is -0.643. The summed E-state index contributed by atoms with van der Waals surface area (Å²) in [6, 6.07) is -0.980. The van der Waals surface area contributed by atoms with Crippen molar-refractivity contribution in [3.63, 3.8) is 0 Å². The number of allylic oxidation sites excluding steroid dienone is 1. The number of rotatable bonds is 4. The van der Waals surface area contributed by atoms with E-state index in [1.807, 2.05) is 0 Å². The fourth-order valence-electron chi connectivity index (χ4n) is 0.888. The second-order valence-corrected chi connectivity index (χ2v) is 4.53. The predicted molar refractivity (Wildman–Crippen MR) is 50.7 cm³/mol. The van der Waals surface area contributed by atoms with Gasteiger partial charge in [0.05, 0.1) is 13.3 Å². The molecule has 6 nitrogen and oxygen atoms in total. The van der Waals surface area contributed by atoms with Gasteiger partial charge in [0.1, 0.15) is 6.04 Å². The standard InChI is InChI=1S/C7H14NO5P/c1-5(4-14(10,11)12)3-6(8)7(9)13-2/h3,6H,4,8H2,1-2H3,(H2,10,11,12)/b5-3+. The van der Waals surface area contributed by atoms with Gasteiger partial charge in [-0.1, -0.05) is 11.6 Å². The normalized spacial score (nSPS) is 15.1. The van der Waals surface area contributed by atoms with Crippen molar-refractivity contribution in [3.8, 4) is 0 Å². The number of methoxy groups -OCH3 is 1. The highest BCUT2D eigenvalue weighted by molar-refractivity contribution is 7.52. The lowest BCUT2D eigenvalue weighted by Crippen LogP contribution is -2.29. The maximum Gasteiger partial charge on any atom is 0.329 e. The van der Waals surface area contributed by atoms with Gasteiger partial charge in [0.15, 0.2) is 0 Å². The lowest BCUT2D eigenvalue weighted by atomic mass is 10.2. The molecule has 0 aromatic carbocycles. The van der Waals surface area contributed by atoms with E-state index in [1.54, 1.807) is 0 Å². The lowest BCUT2D eigenvalue weighted by Gasteiger charge is -2.07. The molecule has 0 aliphatic rings. The van der Waals surface area contributed by atoms with Gasteiger partial charge in [-0.15, -0.1) is 0 Å². The second kappa shape index (κ2) is 5.26. The number of esters is 1. The van der Waals surface area contributed by atoms with Crippen molar-refractivity contribution < 1.29 is 23.9 Å². The fourth-order valence-corrected chi connectivity index (χ4v) is 1.64. The number of nitrogens with two attached hydrogens (primary N) is 1. The quantitative estimate of drug-likeness (QED) is 0.340. The molecule has 0 saturated carbocycles. The Kier molecular flexibility index (Phi) is 5.01. The highest BCUT2D eigenvalue weighted by Crippen LogP contribution is 2.36. The minimum atomic E-state index is -4.09. The topological polar surface area (TPSA) is 110 Å². The van der Waals surface area contributed by atoms with Gasteiger partial charge in [0.25, 0.3) is 0 Å². The second-order valence-electron chi connectivity index (χ2n) is 2.88. The van der Waals surface area contributed by atoms with Gasteiger partial charge in [-0.05, 0) is 6.92 Å². The average molecular weight is 223 g/mol. The molecule has 0 bridgehead atoms. The maximum atomic E-state index is 10.8. The van der Waals surface area contributed by atoms with Crippen LogP contribution in [0.1, 0.15) is 6.92 Å². The molecule has 0 radical (unpaired) electrons. The van der Waals surface area contributed by atoms with Crippen LogP contribution in [0.15, 0.2) is 11.6 Å². The van der Waals surface area contributed by atoms with E-state index >= 15 is 0 Å². The SMILES string of the molecule is COC(=O)C(N)/C=C(\C)CP(=O)(O)O. The summed E-state index contributed by atoms with van der Waals surface area (Å²) in [6.45, 7) is 1.49. The summed E-state index contributed by atoms with van der Waals surface area (Å²) >= 11 is 0. The molecule has 0 aromatic heterocycles. The van der Waals surface area contributed by atoms with Gasteiger partial charge in [-0.3, -0.25) is 9.36 Å². The summed E-state index contributed by atoms with van der Waals surface area (Å²) in [5, 5.41) is 0. The number of hydrogen-bond acceptors (Lipinski definition) is 4. The molecule has 0 saturated heterocycles. The number of carbonyl (C=O) groups is 1. The first-order valence-electron chi connectivity index (χ1n) is 3.81. The summed E-state index contributed by atoms with van der Waals surface area (Å²) in [4.78, 5) is 28.0. The van der Waals surface area contributed by atoms with Crippen LogP contribution in [0.2, 0.25) is 0 Å². The van der Waals surface area contributed by atoms with Crippen LogP contribution < -0.4 is 5.73 Å². The summed E-state index contributed by atoms with van der Waals surface area (Å²) < 4.78 is 14.9. The minimum absolute atomic E-state index is 0.358. The molecule has 0 fully saturated rings. The maximum absolute atomic E-state index is 10.8. The molecular formula is C7H14NO5P. The molecule has 82 valence electrons. The molecule has 0 aliphatic heterocycles. The molecule has 7 heteroatoms. The Morgan fingerprint density at radius 2 is 2.14 bits per heavy atom. The van der Waals surface area contributed by atoms with E-state index in [0.29, 0.717) is 5.57 Å². The van der Waals surface area contributed by atoms with E-state index in [1.165, 1.54) is 20.1 Å². The van der Waals surface area contributed by atoms with Gasteiger partial charge in [-0.2, -0.15) is 0 Å². The molecule has 14 heavy (non-hydrogen) atoms. The Bertz CT molecular complexity index is 282. The van der Waals surface area contributed by atoms with Crippen molar-refractivity contribution in [2.45, 2.75) is 13.0 Å². The number of ether oxygens (including phenoxy) is 1. The van der Waals surface area contributed by atoms with Crippen LogP contribution in [0.3, 0.4) is 0 Å². The van der Waals surface area contributed by atoms with Crippen molar-refractivity contribution in [2.75, 3.05) is 13.3 Å². The van der Waals surface area contributed by atoms with Gasteiger partial charge in [0.2, 0.25) is 0 Å². The van der Waals surface area contributed by atoms with Gasteiger partial charge in [0, 0.05) is 0 Å². The van der Waals surface area contributed by atoms with E-state index in [2.05, 4.69) is 4.74 Å².